The number of nitrogens with one attached hydrogen (secondary N) is 2. The maximum atomic E-state index is 12.2. The van der Waals surface area contributed by atoms with E-state index in [1.165, 1.54) is 19.2 Å². The molecule has 10 nitrogen and oxygen atoms in total. The van der Waals surface area contributed by atoms with Crippen molar-refractivity contribution in [3.63, 3.8) is 0 Å². The van der Waals surface area contributed by atoms with Gasteiger partial charge in [0.15, 0.2) is 5.58 Å². The Kier molecular flexibility index (Phi) is 5.21. The van der Waals surface area contributed by atoms with E-state index < -0.39 is 16.6 Å². The van der Waals surface area contributed by atoms with Gasteiger partial charge in [-0.15, -0.1) is 0 Å². The topological polar surface area (TPSA) is 136 Å². The molecule has 2 N–H and O–H groups in total. The van der Waals surface area contributed by atoms with Crippen LogP contribution in [0.25, 0.3) is 11.1 Å². The number of non-ortho nitro benzene ring substituents is 1. The number of nitrogens with zero attached hydrogens (tertiary/aromatic N) is 2. The van der Waals surface area contributed by atoms with Crippen LogP contribution in [-0.2, 0) is 17.9 Å². The molecule has 3 aromatic rings. The Bertz CT molecular complexity index is 1130. The first kappa shape index (κ1) is 18.8. The monoisotopic (exact) mass is 384 g/mol. The zero-order valence-electron chi connectivity index (χ0n) is 14.8. The number of amides is 2. The van der Waals surface area contributed by atoms with E-state index in [2.05, 4.69) is 10.6 Å². The van der Waals surface area contributed by atoms with E-state index in [4.69, 9.17) is 4.42 Å². The smallest absolute Gasteiger partial charge is 0.407 e. The van der Waals surface area contributed by atoms with Crippen LogP contribution in [0.5, 0.6) is 0 Å². The lowest BCUT2D eigenvalue weighted by Crippen LogP contribution is -2.30. The van der Waals surface area contributed by atoms with Crippen molar-refractivity contribution in [1.82, 2.24) is 15.2 Å². The maximum absolute atomic E-state index is 12.2. The number of benzene rings is 2. The van der Waals surface area contributed by atoms with Gasteiger partial charge in [0.25, 0.3) is 11.6 Å². The third kappa shape index (κ3) is 3.90. The van der Waals surface area contributed by atoms with Crippen molar-refractivity contribution < 1.29 is 18.9 Å². The normalized spacial score (nSPS) is 10.6. The summed E-state index contributed by atoms with van der Waals surface area (Å²) in [6.45, 7) is -0.140. The molecule has 0 atom stereocenters. The fraction of sp³-hybridized carbons (Fsp3) is 0.167. The van der Waals surface area contributed by atoms with Crippen molar-refractivity contribution in [1.29, 1.82) is 0 Å². The first-order valence-electron chi connectivity index (χ1n) is 8.24. The van der Waals surface area contributed by atoms with Crippen LogP contribution in [0.15, 0.2) is 51.7 Å². The molecule has 0 aliphatic heterocycles. The molecule has 3 rings (SSSR count). The van der Waals surface area contributed by atoms with Crippen LogP contribution in [0.1, 0.15) is 15.9 Å². The highest BCUT2D eigenvalue weighted by molar-refractivity contribution is 5.94. The lowest BCUT2D eigenvalue weighted by molar-refractivity contribution is -0.384. The van der Waals surface area contributed by atoms with Crippen LogP contribution in [0.4, 0.5) is 5.69 Å². The summed E-state index contributed by atoms with van der Waals surface area (Å²) in [4.78, 5) is 46.1. The van der Waals surface area contributed by atoms with E-state index in [1.54, 1.807) is 24.3 Å². The van der Waals surface area contributed by atoms with Gasteiger partial charge in [-0.25, -0.2) is 4.79 Å². The van der Waals surface area contributed by atoms with Crippen molar-refractivity contribution in [3.05, 3.63) is 74.3 Å². The van der Waals surface area contributed by atoms with Gasteiger partial charge in [0.1, 0.15) is 6.54 Å². The summed E-state index contributed by atoms with van der Waals surface area (Å²) in [6, 6.07) is 10.5. The number of nitro benzene ring substituents is 1. The largest absolute Gasteiger partial charge is 0.420 e. The van der Waals surface area contributed by atoms with Gasteiger partial charge >= 0.3 is 5.76 Å². The van der Waals surface area contributed by atoms with Crippen molar-refractivity contribution in [3.8, 4) is 0 Å². The molecule has 10 heteroatoms. The molecule has 1 heterocycles. The molecule has 0 saturated heterocycles. The summed E-state index contributed by atoms with van der Waals surface area (Å²) in [5.41, 5.74) is 1.29. The van der Waals surface area contributed by atoms with Gasteiger partial charge < -0.3 is 15.1 Å². The number of rotatable bonds is 6. The van der Waals surface area contributed by atoms with E-state index in [0.717, 1.165) is 16.2 Å². The number of hydrogen-bond acceptors (Lipinski definition) is 6. The van der Waals surface area contributed by atoms with Crippen LogP contribution in [0.3, 0.4) is 0 Å². The first-order valence-corrected chi connectivity index (χ1v) is 8.24. The number of aromatic nitrogens is 1. The molecular weight excluding hydrogens is 368 g/mol. The van der Waals surface area contributed by atoms with E-state index in [-0.39, 0.29) is 35.8 Å². The highest BCUT2D eigenvalue weighted by Gasteiger charge is 2.16. The second-order valence-electron chi connectivity index (χ2n) is 5.92. The number of carbonyl (C=O) groups excluding carboxylic acids is 2. The molecule has 0 fully saturated rings. The summed E-state index contributed by atoms with van der Waals surface area (Å²) in [5.74, 6) is -1.47. The average molecular weight is 384 g/mol. The molecule has 0 spiro atoms. The average Bonchev–Trinajstić information content (AvgIpc) is 3.00. The summed E-state index contributed by atoms with van der Waals surface area (Å²) >= 11 is 0. The molecule has 0 aliphatic rings. The lowest BCUT2D eigenvalue weighted by Gasteiger charge is -2.07. The number of hydrogen-bond donors (Lipinski definition) is 2. The Morgan fingerprint density at radius 1 is 1.21 bits per heavy atom. The highest BCUT2D eigenvalue weighted by atomic mass is 16.6. The molecular formula is C18H16N4O6. The van der Waals surface area contributed by atoms with Gasteiger partial charge in [0.2, 0.25) is 5.91 Å². The van der Waals surface area contributed by atoms with Gasteiger partial charge in [-0.1, -0.05) is 12.1 Å². The third-order valence-corrected chi connectivity index (χ3v) is 4.07. The standard InChI is InChI=1S/C18H16N4O6/c1-19-17(24)12-4-2-3-11(7-12)9-20-16(23)10-21-14-6-5-13(22(26)27)8-15(14)28-18(21)25/h2-8H,9-10H2,1H3,(H,19,24)(H,20,23). The zero-order valence-corrected chi connectivity index (χ0v) is 14.8. The van der Waals surface area contributed by atoms with Gasteiger partial charge in [-0.3, -0.25) is 24.3 Å². The first-order chi connectivity index (χ1) is 13.4. The Hall–Kier alpha value is -3.95. The molecule has 0 unspecified atom stereocenters. The predicted octanol–water partition coefficient (Wildman–Crippen LogP) is 1.18. The lowest BCUT2D eigenvalue weighted by atomic mass is 10.1. The van der Waals surface area contributed by atoms with Crippen molar-refractivity contribution in [2.75, 3.05) is 7.05 Å². The second-order valence-corrected chi connectivity index (χ2v) is 5.92. The minimum Gasteiger partial charge on any atom is -0.407 e. The SMILES string of the molecule is CNC(=O)c1cccc(CNC(=O)Cn2c(=O)oc3cc([N+](=O)[O-])ccc32)c1. The van der Waals surface area contributed by atoms with Crippen molar-refractivity contribution in [2.24, 2.45) is 0 Å². The summed E-state index contributed by atoms with van der Waals surface area (Å²) in [7, 11) is 1.53. The van der Waals surface area contributed by atoms with Gasteiger partial charge in [0.05, 0.1) is 16.5 Å². The van der Waals surface area contributed by atoms with Crippen LogP contribution >= 0.6 is 0 Å². The Morgan fingerprint density at radius 2 is 2.00 bits per heavy atom. The molecule has 1 aromatic heterocycles. The van der Waals surface area contributed by atoms with Gasteiger partial charge in [-0.2, -0.15) is 0 Å². The fourth-order valence-corrected chi connectivity index (χ4v) is 2.69. The molecule has 144 valence electrons. The Labute approximate surface area is 157 Å². The highest BCUT2D eigenvalue weighted by Crippen LogP contribution is 2.19. The van der Waals surface area contributed by atoms with E-state index in [0.29, 0.717) is 5.56 Å². The molecule has 0 saturated carbocycles. The number of nitro groups is 1. The summed E-state index contributed by atoms with van der Waals surface area (Å²) < 4.78 is 6.08. The number of fused-ring (bicyclic) bond motifs is 1. The van der Waals surface area contributed by atoms with Crippen LogP contribution in [0, 0.1) is 10.1 Å². The Morgan fingerprint density at radius 3 is 2.71 bits per heavy atom. The zero-order chi connectivity index (χ0) is 20.3. The number of oxazole rings is 1. The molecule has 28 heavy (non-hydrogen) atoms. The van der Waals surface area contributed by atoms with Crippen LogP contribution < -0.4 is 16.4 Å². The third-order valence-electron chi connectivity index (χ3n) is 4.07. The van der Waals surface area contributed by atoms with E-state index in [1.807, 2.05) is 0 Å². The summed E-state index contributed by atoms with van der Waals surface area (Å²) in [6.07, 6.45) is 0. The minimum atomic E-state index is -0.785. The fourth-order valence-electron chi connectivity index (χ4n) is 2.69. The van der Waals surface area contributed by atoms with Crippen molar-refractivity contribution >= 4 is 28.6 Å². The van der Waals surface area contributed by atoms with Crippen LogP contribution in [0.2, 0.25) is 0 Å². The molecule has 0 radical (unpaired) electrons. The molecule has 2 amide bonds. The molecule has 0 bridgehead atoms. The quantitative estimate of drug-likeness (QED) is 0.484. The van der Waals surface area contributed by atoms with Crippen LogP contribution in [-0.4, -0.2) is 28.4 Å². The second kappa shape index (κ2) is 7.74. The predicted molar refractivity (Wildman–Crippen MR) is 98.8 cm³/mol. The summed E-state index contributed by atoms with van der Waals surface area (Å²) in [5, 5.41) is 16.0. The molecule has 0 aliphatic carbocycles. The van der Waals surface area contributed by atoms with Gasteiger partial charge in [-0.05, 0) is 23.8 Å². The molecule has 2 aromatic carbocycles. The number of carbonyl (C=O) groups is 2. The minimum absolute atomic E-state index is 0.0327. The van der Waals surface area contributed by atoms with E-state index in [9.17, 15) is 24.5 Å². The Balaban J connectivity index is 1.72. The maximum Gasteiger partial charge on any atom is 0.420 e. The van der Waals surface area contributed by atoms with E-state index >= 15 is 0 Å². The van der Waals surface area contributed by atoms with Gasteiger partial charge in [0, 0.05) is 25.2 Å². The van der Waals surface area contributed by atoms with Crippen molar-refractivity contribution in [2.45, 2.75) is 13.1 Å².